The number of aromatic nitrogens is 2. The zero-order valence-electron chi connectivity index (χ0n) is 13.2. The number of nitrogens with one attached hydrogen (secondary N) is 1. The van der Waals surface area contributed by atoms with Crippen LogP contribution in [0.15, 0.2) is 66.7 Å². The fraction of sp³-hybridized carbons (Fsp3) is 0.158. The Morgan fingerprint density at radius 1 is 0.917 bits per heavy atom. The van der Waals surface area contributed by atoms with Crippen LogP contribution in [0, 0.1) is 0 Å². The summed E-state index contributed by atoms with van der Waals surface area (Å²) in [6.07, 6.45) is 3.95. The Kier molecular flexibility index (Phi) is 5.77. The second-order valence-corrected chi connectivity index (χ2v) is 5.56. The normalized spacial score (nSPS) is 11.2. The van der Waals surface area contributed by atoms with E-state index in [-0.39, 0.29) is 0 Å². The molecule has 24 heavy (non-hydrogen) atoms. The number of hydrogen-bond acceptors (Lipinski definition) is 4. The van der Waals surface area contributed by atoms with E-state index in [2.05, 4.69) is 15.3 Å². The molecule has 0 atom stereocenters. The zero-order chi connectivity index (χ0) is 16.6. The van der Waals surface area contributed by atoms with E-state index >= 15 is 0 Å². The maximum Gasteiger partial charge on any atom is 0.172 e. The number of hydrogen-bond donors (Lipinski definition) is 1. The number of rotatable bonds is 7. The maximum absolute atomic E-state index is 6.15. The van der Waals surface area contributed by atoms with Gasteiger partial charge in [0, 0.05) is 6.54 Å². The second-order valence-electron chi connectivity index (χ2n) is 5.20. The van der Waals surface area contributed by atoms with Crippen molar-refractivity contribution in [1.82, 2.24) is 9.97 Å². The number of ether oxygens (including phenoxy) is 1. The second kappa shape index (κ2) is 8.43. The third-order valence-corrected chi connectivity index (χ3v) is 3.67. The lowest BCUT2D eigenvalue weighted by Crippen LogP contribution is -2.03. The van der Waals surface area contributed by atoms with E-state index < -0.39 is 0 Å². The molecule has 3 rings (SSSR count). The quantitative estimate of drug-likeness (QED) is 0.509. The number of halogens is 1. The lowest BCUT2D eigenvalue weighted by molar-refractivity contribution is 0.148. The Bertz CT molecular complexity index is 821. The third kappa shape index (κ3) is 4.54. The summed E-state index contributed by atoms with van der Waals surface area (Å²) in [5, 5.41) is 3.54. The molecule has 0 saturated carbocycles. The minimum absolute atomic E-state index is 0.377. The van der Waals surface area contributed by atoms with E-state index in [1.165, 1.54) is 5.56 Å². The van der Waals surface area contributed by atoms with E-state index in [1.54, 1.807) is 0 Å². The first kappa shape index (κ1) is 16.4. The minimum atomic E-state index is 0.377. The van der Waals surface area contributed by atoms with E-state index in [4.69, 9.17) is 16.3 Å². The Labute approximate surface area is 146 Å². The highest BCUT2D eigenvalue weighted by atomic mass is 35.5. The van der Waals surface area contributed by atoms with Gasteiger partial charge in [-0.15, -0.1) is 0 Å². The molecule has 0 amide bonds. The van der Waals surface area contributed by atoms with Gasteiger partial charge in [0.1, 0.15) is 0 Å². The minimum Gasteiger partial charge on any atom is -0.373 e. The van der Waals surface area contributed by atoms with Gasteiger partial charge < -0.3 is 10.1 Å². The van der Waals surface area contributed by atoms with Crippen LogP contribution in [0.2, 0.25) is 5.15 Å². The highest BCUT2D eigenvalue weighted by Gasteiger charge is 2.04. The highest BCUT2D eigenvalue weighted by Crippen LogP contribution is 2.20. The maximum atomic E-state index is 6.15. The molecule has 2 aromatic carbocycles. The molecule has 0 aliphatic heterocycles. The van der Waals surface area contributed by atoms with Gasteiger partial charge in [-0.3, -0.25) is 0 Å². The molecule has 0 saturated heterocycles. The van der Waals surface area contributed by atoms with Crippen molar-refractivity contribution >= 4 is 28.5 Å². The van der Waals surface area contributed by atoms with Crippen LogP contribution in [0.3, 0.4) is 0 Å². The molecule has 4 nitrogen and oxygen atoms in total. The van der Waals surface area contributed by atoms with Gasteiger partial charge in [-0.05, 0) is 17.7 Å². The van der Waals surface area contributed by atoms with Crippen LogP contribution in [0.25, 0.3) is 11.0 Å². The molecule has 0 fully saturated rings. The molecule has 1 heterocycles. The van der Waals surface area contributed by atoms with Gasteiger partial charge in [-0.2, -0.15) is 0 Å². The average Bonchev–Trinajstić information content (AvgIpc) is 2.62. The summed E-state index contributed by atoms with van der Waals surface area (Å²) < 4.78 is 5.58. The van der Waals surface area contributed by atoms with Gasteiger partial charge in [-0.25, -0.2) is 9.97 Å². The van der Waals surface area contributed by atoms with Crippen molar-refractivity contribution in [2.45, 2.75) is 6.61 Å². The first-order chi connectivity index (χ1) is 11.8. The summed E-state index contributed by atoms with van der Waals surface area (Å²) in [7, 11) is 0. The number of anilines is 1. The van der Waals surface area contributed by atoms with Crippen LogP contribution < -0.4 is 5.32 Å². The van der Waals surface area contributed by atoms with Gasteiger partial charge in [0.15, 0.2) is 11.0 Å². The van der Waals surface area contributed by atoms with Crippen LogP contribution in [0.5, 0.6) is 0 Å². The predicted molar refractivity (Wildman–Crippen MR) is 98.3 cm³/mol. The number of fused-ring (bicyclic) bond motifs is 1. The molecule has 122 valence electrons. The van der Waals surface area contributed by atoms with Crippen LogP contribution in [0.1, 0.15) is 5.56 Å². The molecule has 1 aromatic heterocycles. The first-order valence-corrected chi connectivity index (χ1v) is 8.13. The molecule has 3 aromatic rings. The summed E-state index contributed by atoms with van der Waals surface area (Å²) in [5.41, 5.74) is 2.78. The van der Waals surface area contributed by atoms with Gasteiger partial charge in [0.05, 0.1) is 24.2 Å². The molecule has 0 spiro atoms. The summed E-state index contributed by atoms with van der Waals surface area (Å²) in [6, 6.07) is 17.8. The summed E-state index contributed by atoms with van der Waals surface area (Å²) in [6.45, 7) is 1.79. The number of benzene rings is 2. The molecule has 0 aliphatic carbocycles. The van der Waals surface area contributed by atoms with Crippen molar-refractivity contribution < 1.29 is 4.74 Å². The Hall–Kier alpha value is -2.43. The molecular formula is C19H18ClN3O. The van der Waals surface area contributed by atoms with Gasteiger partial charge in [0.25, 0.3) is 0 Å². The largest absolute Gasteiger partial charge is 0.373 e. The molecule has 0 aliphatic rings. The molecule has 0 radical (unpaired) electrons. The van der Waals surface area contributed by atoms with Crippen molar-refractivity contribution in [3.8, 4) is 0 Å². The molecule has 1 N–H and O–H groups in total. The van der Waals surface area contributed by atoms with Crippen LogP contribution >= 0.6 is 11.6 Å². The Morgan fingerprint density at radius 2 is 1.62 bits per heavy atom. The van der Waals surface area contributed by atoms with E-state index in [9.17, 15) is 0 Å². The first-order valence-electron chi connectivity index (χ1n) is 7.76. The third-order valence-electron chi connectivity index (χ3n) is 3.41. The fourth-order valence-electron chi connectivity index (χ4n) is 2.22. The molecule has 0 bridgehead atoms. The fourth-order valence-corrected chi connectivity index (χ4v) is 2.42. The van der Waals surface area contributed by atoms with Crippen molar-refractivity contribution in [3.63, 3.8) is 0 Å². The summed E-state index contributed by atoms with van der Waals surface area (Å²) >= 11 is 6.15. The number of nitrogens with zero attached hydrogens (tertiary/aromatic N) is 2. The van der Waals surface area contributed by atoms with Crippen molar-refractivity contribution in [2.75, 3.05) is 18.5 Å². The SMILES string of the molecule is Clc1nc2ccccc2nc1NC/C=C\COCc1ccccc1. The van der Waals surface area contributed by atoms with Crippen LogP contribution in [-0.2, 0) is 11.3 Å². The van der Waals surface area contributed by atoms with E-state index in [1.807, 2.05) is 66.7 Å². The summed E-state index contributed by atoms with van der Waals surface area (Å²) in [5.74, 6) is 0.588. The number of para-hydroxylation sites is 2. The lowest BCUT2D eigenvalue weighted by Gasteiger charge is -2.06. The Morgan fingerprint density at radius 3 is 2.42 bits per heavy atom. The smallest absolute Gasteiger partial charge is 0.172 e. The zero-order valence-corrected chi connectivity index (χ0v) is 13.9. The van der Waals surface area contributed by atoms with Gasteiger partial charge in [0.2, 0.25) is 0 Å². The standard InChI is InChI=1S/C19H18ClN3O/c20-18-19(23-17-11-5-4-10-16(17)22-18)21-12-6-7-13-24-14-15-8-2-1-3-9-15/h1-11H,12-14H2,(H,21,23)/b7-6-. The average molecular weight is 340 g/mol. The van der Waals surface area contributed by atoms with Crippen molar-refractivity contribution in [3.05, 3.63) is 77.5 Å². The van der Waals surface area contributed by atoms with Crippen molar-refractivity contribution in [1.29, 1.82) is 0 Å². The van der Waals surface area contributed by atoms with Crippen LogP contribution in [0.4, 0.5) is 5.82 Å². The monoisotopic (exact) mass is 339 g/mol. The molecule has 5 heteroatoms. The summed E-state index contributed by atoms with van der Waals surface area (Å²) in [4.78, 5) is 8.81. The molecule has 0 unspecified atom stereocenters. The van der Waals surface area contributed by atoms with Gasteiger partial charge in [-0.1, -0.05) is 66.2 Å². The van der Waals surface area contributed by atoms with Crippen LogP contribution in [-0.4, -0.2) is 23.1 Å². The highest BCUT2D eigenvalue weighted by molar-refractivity contribution is 6.32. The van der Waals surface area contributed by atoms with Crippen molar-refractivity contribution in [2.24, 2.45) is 0 Å². The van der Waals surface area contributed by atoms with E-state index in [0.717, 1.165) is 11.0 Å². The molecular weight excluding hydrogens is 322 g/mol. The van der Waals surface area contributed by atoms with E-state index in [0.29, 0.717) is 30.7 Å². The topological polar surface area (TPSA) is 47.0 Å². The predicted octanol–water partition coefficient (Wildman–Crippen LogP) is 4.47. The Balaban J connectivity index is 1.45. The van der Waals surface area contributed by atoms with Gasteiger partial charge >= 0.3 is 0 Å². The lowest BCUT2D eigenvalue weighted by atomic mass is 10.2.